The molecule has 6 heteroatoms. The Balaban J connectivity index is 1.77. The van der Waals surface area contributed by atoms with E-state index in [4.69, 9.17) is 4.74 Å². The molecule has 0 bridgehead atoms. The zero-order valence-corrected chi connectivity index (χ0v) is 14.2. The molecule has 2 aromatic carbocycles. The quantitative estimate of drug-likeness (QED) is 0.608. The summed E-state index contributed by atoms with van der Waals surface area (Å²) in [5.74, 6) is -0.241. The molecule has 25 heavy (non-hydrogen) atoms. The fraction of sp³-hybridized carbons (Fsp3) is 0.263. The molecule has 2 amide bonds. The van der Waals surface area contributed by atoms with Crippen LogP contribution in [0.1, 0.15) is 15.9 Å². The third-order valence-corrected chi connectivity index (χ3v) is 3.52. The summed E-state index contributed by atoms with van der Waals surface area (Å²) in [7, 11) is 1.59. The number of amides is 2. The van der Waals surface area contributed by atoms with Crippen LogP contribution in [0.15, 0.2) is 54.6 Å². The molecule has 132 valence electrons. The molecule has 0 heterocycles. The molecule has 0 fully saturated rings. The van der Waals surface area contributed by atoms with Gasteiger partial charge in [-0.15, -0.1) is 0 Å². The van der Waals surface area contributed by atoms with Gasteiger partial charge >= 0.3 is 0 Å². The third kappa shape index (κ3) is 6.64. The van der Waals surface area contributed by atoms with E-state index in [1.54, 1.807) is 31.4 Å². The van der Waals surface area contributed by atoms with Crippen LogP contribution >= 0.6 is 0 Å². The van der Waals surface area contributed by atoms with Crippen molar-refractivity contribution in [3.63, 3.8) is 0 Å². The normalized spacial score (nSPS) is 10.1. The smallest absolute Gasteiger partial charge is 0.251 e. The average molecular weight is 341 g/mol. The van der Waals surface area contributed by atoms with Crippen molar-refractivity contribution in [1.82, 2.24) is 10.6 Å². The molecule has 0 aliphatic carbocycles. The summed E-state index contributed by atoms with van der Waals surface area (Å²) in [5, 5.41) is 8.61. The van der Waals surface area contributed by atoms with Crippen LogP contribution < -0.4 is 16.0 Å². The topological polar surface area (TPSA) is 79.5 Å². The third-order valence-electron chi connectivity index (χ3n) is 3.52. The number of ether oxygens (including phenoxy) is 1. The number of methoxy groups -OCH3 is 1. The van der Waals surface area contributed by atoms with Crippen LogP contribution in [0.3, 0.4) is 0 Å². The van der Waals surface area contributed by atoms with Gasteiger partial charge in [-0.25, -0.2) is 0 Å². The SMILES string of the molecule is COCCNC(=O)CNc1ccc(C(=O)NCc2ccccc2)cc1. The largest absolute Gasteiger partial charge is 0.383 e. The first kappa shape index (κ1) is 18.5. The molecule has 0 radical (unpaired) electrons. The van der Waals surface area contributed by atoms with Crippen LogP contribution in [0.5, 0.6) is 0 Å². The molecule has 0 atom stereocenters. The van der Waals surface area contributed by atoms with Gasteiger partial charge in [-0.2, -0.15) is 0 Å². The number of benzene rings is 2. The minimum absolute atomic E-state index is 0.110. The van der Waals surface area contributed by atoms with Crippen LogP contribution in [0.25, 0.3) is 0 Å². The van der Waals surface area contributed by atoms with Crippen molar-refractivity contribution in [2.75, 3.05) is 32.1 Å². The molecule has 0 spiro atoms. The van der Waals surface area contributed by atoms with Crippen molar-refractivity contribution in [2.24, 2.45) is 0 Å². The van der Waals surface area contributed by atoms with Crippen molar-refractivity contribution >= 4 is 17.5 Å². The lowest BCUT2D eigenvalue weighted by Gasteiger charge is -2.09. The molecular formula is C19H23N3O3. The van der Waals surface area contributed by atoms with Crippen LogP contribution in [-0.4, -0.2) is 38.6 Å². The number of hydrogen-bond acceptors (Lipinski definition) is 4. The maximum absolute atomic E-state index is 12.1. The van der Waals surface area contributed by atoms with Gasteiger partial charge in [0.2, 0.25) is 5.91 Å². The highest BCUT2D eigenvalue weighted by Crippen LogP contribution is 2.09. The maximum atomic E-state index is 12.1. The summed E-state index contributed by atoms with van der Waals surface area (Å²) in [4.78, 5) is 23.7. The highest BCUT2D eigenvalue weighted by molar-refractivity contribution is 5.94. The van der Waals surface area contributed by atoms with Crippen molar-refractivity contribution in [2.45, 2.75) is 6.54 Å². The first-order valence-corrected chi connectivity index (χ1v) is 8.10. The summed E-state index contributed by atoms with van der Waals surface area (Å²) in [6.07, 6.45) is 0. The van der Waals surface area contributed by atoms with Crippen molar-refractivity contribution < 1.29 is 14.3 Å². The molecular weight excluding hydrogens is 318 g/mol. The first-order valence-electron chi connectivity index (χ1n) is 8.10. The van der Waals surface area contributed by atoms with Crippen LogP contribution in [0.2, 0.25) is 0 Å². The number of anilines is 1. The summed E-state index contributed by atoms with van der Waals surface area (Å²) in [6.45, 7) is 1.63. The van der Waals surface area contributed by atoms with E-state index in [9.17, 15) is 9.59 Å². The summed E-state index contributed by atoms with van der Waals surface area (Å²) in [5.41, 5.74) is 2.40. The molecule has 0 aliphatic heterocycles. The number of rotatable bonds is 9. The molecule has 3 N–H and O–H groups in total. The minimum Gasteiger partial charge on any atom is -0.383 e. The Labute approximate surface area is 147 Å². The van der Waals surface area contributed by atoms with Gasteiger partial charge in [0.15, 0.2) is 0 Å². The monoisotopic (exact) mass is 341 g/mol. The van der Waals surface area contributed by atoms with Gasteiger partial charge in [0, 0.05) is 31.5 Å². The van der Waals surface area contributed by atoms with Crippen molar-refractivity contribution in [3.05, 3.63) is 65.7 Å². The van der Waals surface area contributed by atoms with E-state index in [2.05, 4.69) is 16.0 Å². The molecule has 0 saturated carbocycles. The fourth-order valence-corrected chi connectivity index (χ4v) is 2.16. The zero-order chi connectivity index (χ0) is 17.9. The lowest BCUT2D eigenvalue weighted by atomic mass is 10.1. The van der Waals surface area contributed by atoms with Gasteiger partial charge in [-0.05, 0) is 29.8 Å². The van der Waals surface area contributed by atoms with E-state index >= 15 is 0 Å². The first-order chi connectivity index (χ1) is 12.2. The Morgan fingerprint density at radius 3 is 2.36 bits per heavy atom. The van der Waals surface area contributed by atoms with Gasteiger partial charge in [-0.1, -0.05) is 30.3 Å². The van der Waals surface area contributed by atoms with Crippen molar-refractivity contribution in [3.8, 4) is 0 Å². The second kappa shape index (κ2) is 10.1. The van der Waals surface area contributed by atoms with Gasteiger partial charge in [0.05, 0.1) is 13.2 Å². The van der Waals surface area contributed by atoms with E-state index in [0.29, 0.717) is 25.3 Å². The Morgan fingerprint density at radius 2 is 1.68 bits per heavy atom. The zero-order valence-electron chi connectivity index (χ0n) is 14.2. The van der Waals surface area contributed by atoms with E-state index < -0.39 is 0 Å². The maximum Gasteiger partial charge on any atom is 0.251 e. The predicted molar refractivity (Wildman–Crippen MR) is 97.4 cm³/mol. The molecule has 0 aliphatic rings. The molecule has 2 rings (SSSR count). The van der Waals surface area contributed by atoms with E-state index in [1.165, 1.54) is 0 Å². The lowest BCUT2D eigenvalue weighted by Crippen LogP contribution is -2.32. The molecule has 0 aromatic heterocycles. The van der Waals surface area contributed by atoms with Crippen LogP contribution in [0, 0.1) is 0 Å². The van der Waals surface area contributed by atoms with Gasteiger partial charge in [-0.3, -0.25) is 9.59 Å². The molecule has 6 nitrogen and oxygen atoms in total. The van der Waals surface area contributed by atoms with E-state index in [-0.39, 0.29) is 18.4 Å². The number of carbonyl (C=O) groups is 2. The Bertz CT molecular complexity index is 672. The Morgan fingerprint density at radius 1 is 0.960 bits per heavy atom. The molecule has 2 aromatic rings. The second-order valence-electron chi connectivity index (χ2n) is 5.44. The molecule has 0 saturated heterocycles. The Kier molecular flexibility index (Phi) is 7.46. The van der Waals surface area contributed by atoms with Crippen molar-refractivity contribution in [1.29, 1.82) is 0 Å². The van der Waals surface area contributed by atoms with Gasteiger partial charge in [0.1, 0.15) is 0 Å². The fourth-order valence-electron chi connectivity index (χ4n) is 2.16. The number of carbonyl (C=O) groups excluding carboxylic acids is 2. The van der Waals surface area contributed by atoms with Gasteiger partial charge in [0.25, 0.3) is 5.91 Å². The Hall–Kier alpha value is -2.86. The van der Waals surface area contributed by atoms with E-state index in [0.717, 1.165) is 11.3 Å². The average Bonchev–Trinajstić information content (AvgIpc) is 2.66. The standard InChI is InChI=1S/C19H23N3O3/c1-25-12-11-20-18(23)14-21-17-9-7-16(8-10-17)19(24)22-13-15-5-3-2-4-6-15/h2-10,21H,11-14H2,1H3,(H,20,23)(H,22,24). The highest BCUT2D eigenvalue weighted by atomic mass is 16.5. The van der Waals surface area contributed by atoms with Crippen LogP contribution in [0.4, 0.5) is 5.69 Å². The van der Waals surface area contributed by atoms with Crippen LogP contribution in [-0.2, 0) is 16.1 Å². The number of nitrogens with one attached hydrogen (secondary N) is 3. The predicted octanol–water partition coefficient (Wildman–Crippen LogP) is 1.79. The second-order valence-corrected chi connectivity index (χ2v) is 5.44. The summed E-state index contributed by atoms with van der Waals surface area (Å²) in [6, 6.07) is 16.8. The lowest BCUT2D eigenvalue weighted by molar-refractivity contribution is -0.119. The highest BCUT2D eigenvalue weighted by Gasteiger charge is 2.06. The minimum atomic E-state index is -0.132. The summed E-state index contributed by atoms with van der Waals surface area (Å²) >= 11 is 0. The van der Waals surface area contributed by atoms with E-state index in [1.807, 2.05) is 30.3 Å². The van der Waals surface area contributed by atoms with Gasteiger partial charge < -0.3 is 20.7 Å². The number of hydrogen-bond donors (Lipinski definition) is 3. The molecule has 0 unspecified atom stereocenters. The summed E-state index contributed by atoms with van der Waals surface area (Å²) < 4.78 is 4.87.